The number of hydrogen-bond acceptors (Lipinski definition) is 3. The van der Waals surface area contributed by atoms with Crippen LogP contribution in [0.1, 0.15) is 26.2 Å². The summed E-state index contributed by atoms with van der Waals surface area (Å²) in [5.41, 5.74) is 1.68. The van der Waals surface area contributed by atoms with Gasteiger partial charge in [-0.15, -0.1) is 0 Å². The van der Waals surface area contributed by atoms with Crippen LogP contribution >= 0.6 is 0 Å². The molecule has 2 atom stereocenters. The second-order valence-corrected chi connectivity index (χ2v) is 3.04. The van der Waals surface area contributed by atoms with E-state index in [1.54, 1.807) is 5.48 Å². The van der Waals surface area contributed by atoms with Crippen molar-refractivity contribution in [3.05, 3.63) is 0 Å². The van der Waals surface area contributed by atoms with Gasteiger partial charge in [0.25, 0.3) is 0 Å². The molecule has 4 heteroatoms. The molecule has 0 spiro atoms. The third kappa shape index (κ3) is 1.95. The summed E-state index contributed by atoms with van der Waals surface area (Å²) >= 11 is 0. The first-order chi connectivity index (χ1) is 5.79. The van der Waals surface area contributed by atoms with Crippen molar-refractivity contribution >= 4 is 5.91 Å². The smallest absolute Gasteiger partial charge is 0.249 e. The Balaban J connectivity index is 2.52. The molecule has 1 fully saturated rings. The van der Waals surface area contributed by atoms with Gasteiger partial charge < -0.3 is 4.74 Å². The molecule has 0 radical (unpaired) electrons. The molecule has 0 bridgehead atoms. The van der Waals surface area contributed by atoms with E-state index >= 15 is 0 Å². The Labute approximate surface area is 71.9 Å². The van der Waals surface area contributed by atoms with E-state index < -0.39 is 0 Å². The van der Waals surface area contributed by atoms with E-state index in [4.69, 9.17) is 9.94 Å². The average Bonchev–Trinajstić information content (AvgIpc) is 2.16. The van der Waals surface area contributed by atoms with Crippen molar-refractivity contribution in [3.8, 4) is 0 Å². The normalized spacial score (nSPS) is 29.8. The van der Waals surface area contributed by atoms with Gasteiger partial charge in [-0.25, -0.2) is 5.48 Å². The lowest BCUT2D eigenvalue weighted by molar-refractivity contribution is -0.142. The Hall–Kier alpha value is -0.610. The van der Waals surface area contributed by atoms with Gasteiger partial charge >= 0.3 is 0 Å². The quantitative estimate of drug-likeness (QED) is 0.477. The van der Waals surface area contributed by atoms with Crippen molar-refractivity contribution < 1.29 is 14.7 Å². The van der Waals surface area contributed by atoms with E-state index in [9.17, 15) is 4.79 Å². The molecule has 1 aliphatic heterocycles. The molecule has 0 aromatic carbocycles. The van der Waals surface area contributed by atoms with E-state index in [-0.39, 0.29) is 17.9 Å². The van der Waals surface area contributed by atoms with Crippen molar-refractivity contribution in [1.82, 2.24) is 5.48 Å². The van der Waals surface area contributed by atoms with E-state index in [2.05, 4.69) is 0 Å². The summed E-state index contributed by atoms with van der Waals surface area (Å²) in [6.45, 7) is 2.71. The fraction of sp³-hybridized carbons (Fsp3) is 0.875. The van der Waals surface area contributed by atoms with Gasteiger partial charge in [0.15, 0.2) is 0 Å². The molecule has 0 aliphatic carbocycles. The number of hydrogen-bond donors (Lipinski definition) is 2. The number of amides is 1. The van der Waals surface area contributed by atoms with Gasteiger partial charge in [0.05, 0.1) is 12.0 Å². The summed E-state index contributed by atoms with van der Waals surface area (Å²) in [7, 11) is 0. The second-order valence-electron chi connectivity index (χ2n) is 3.04. The molecule has 12 heavy (non-hydrogen) atoms. The van der Waals surface area contributed by atoms with E-state index in [1.807, 2.05) is 6.92 Å². The maximum absolute atomic E-state index is 11.1. The van der Waals surface area contributed by atoms with Crippen LogP contribution in [0, 0.1) is 5.92 Å². The molecule has 0 aromatic heterocycles. The van der Waals surface area contributed by atoms with Gasteiger partial charge in [0.1, 0.15) is 0 Å². The van der Waals surface area contributed by atoms with Crippen molar-refractivity contribution in [2.24, 2.45) is 5.92 Å². The molecule has 4 nitrogen and oxygen atoms in total. The van der Waals surface area contributed by atoms with Crippen LogP contribution in [0.3, 0.4) is 0 Å². The van der Waals surface area contributed by atoms with Crippen LogP contribution in [0.4, 0.5) is 0 Å². The van der Waals surface area contributed by atoms with Gasteiger partial charge in [-0.2, -0.15) is 0 Å². The summed E-state index contributed by atoms with van der Waals surface area (Å²) in [6.07, 6.45) is 2.50. The Morgan fingerprint density at radius 2 is 2.50 bits per heavy atom. The number of nitrogens with one attached hydrogen (secondary N) is 1. The zero-order valence-corrected chi connectivity index (χ0v) is 7.25. The lowest BCUT2D eigenvalue weighted by Crippen LogP contribution is -2.40. The maximum atomic E-state index is 11.1. The number of carbonyl (C=O) groups is 1. The predicted octanol–water partition coefficient (Wildman–Crippen LogP) is 0.697. The molecular formula is C8H15NO3. The molecule has 2 unspecified atom stereocenters. The number of rotatable bonds is 2. The number of carbonyl (C=O) groups excluding carboxylic acids is 1. The highest BCUT2D eigenvalue weighted by Gasteiger charge is 2.30. The Kier molecular flexibility index (Phi) is 3.49. The molecule has 70 valence electrons. The zero-order valence-electron chi connectivity index (χ0n) is 7.25. The minimum Gasteiger partial charge on any atom is -0.377 e. The molecule has 1 rings (SSSR count). The van der Waals surface area contributed by atoms with Crippen molar-refractivity contribution in [3.63, 3.8) is 0 Å². The van der Waals surface area contributed by atoms with Crippen LogP contribution in [-0.4, -0.2) is 23.8 Å². The van der Waals surface area contributed by atoms with Crippen LogP contribution in [0.25, 0.3) is 0 Å². The van der Waals surface area contributed by atoms with Crippen LogP contribution in [0.5, 0.6) is 0 Å². The third-order valence-electron chi connectivity index (χ3n) is 2.29. The first kappa shape index (κ1) is 9.48. The molecule has 1 aliphatic rings. The molecule has 1 saturated heterocycles. The maximum Gasteiger partial charge on any atom is 0.249 e. The average molecular weight is 173 g/mol. The monoisotopic (exact) mass is 173 g/mol. The van der Waals surface area contributed by atoms with E-state index in [1.165, 1.54) is 0 Å². The summed E-state index contributed by atoms with van der Waals surface area (Å²) in [5, 5.41) is 8.45. The zero-order chi connectivity index (χ0) is 8.97. The highest BCUT2D eigenvalue weighted by Crippen LogP contribution is 2.22. The minimum atomic E-state index is -0.318. The fourth-order valence-corrected chi connectivity index (χ4v) is 1.63. The summed E-state index contributed by atoms with van der Waals surface area (Å²) in [4.78, 5) is 11.1. The Morgan fingerprint density at radius 3 is 3.08 bits per heavy atom. The van der Waals surface area contributed by atoms with Gasteiger partial charge in [-0.05, 0) is 19.3 Å². The summed E-state index contributed by atoms with van der Waals surface area (Å²) in [6, 6.07) is 0. The molecular weight excluding hydrogens is 158 g/mol. The predicted molar refractivity (Wildman–Crippen MR) is 42.7 cm³/mol. The largest absolute Gasteiger partial charge is 0.377 e. The lowest BCUT2D eigenvalue weighted by atomic mass is 9.92. The van der Waals surface area contributed by atoms with Crippen LogP contribution in [-0.2, 0) is 9.53 Å². The van der Waals surface area contributed by atoms with Crippen LogP contribution < -0.4 is 5.48 Å². The first-order valence-electron chi connectivity index (χ1n) is 4.35. The first-order valence-corrected chi connectivity index (χ1v) is 4.35. The highest BCUT2D eigenvalue weighted by molar-refractivity contribution is 5.78. The van der Waals surface area contributed by atoms with Gasteiger partial charge in [0, 0.05) is 6.61 Å². The SMILES string of the molecule is CCC1OCCCC1C(=O)NO. The Bertz CT molecular complexity index is 160. The van der Waals surface area contributed by atoms with E-state index in [0.29, 0.717) is 0 Å². The molecule has 0 saturated carbocycles. The lowest BCUT2D eigenvalue weighted by Gasteiger charge is -2.29. The topological polar surface area (TPSA) is 58.6 Å². The Morgan fingerprint density at radius 1 is 1.75 bits per heavy atom. The van der Waals surface area contributed by atoms with Crippen molar-refractivity contribution in [2.45, 2.75) is 32.3 Å². The summed E-state index contributed by atoms with van der Waals surface area (Å²) in [5.74, 6) is -0.490. The molecule has 2 N–H and O–H groups in total. The van der Waals surface area contributed by atoms with E-state index in [0.717, 1.165) is 25.9 Å². The minimum absolute atomic E-state index is 0.0223. The molecule has 0 aromatic rings. The standard InChI is InChI=1S/C8H15NO3/c1-2-7-6(8(10)9-11)4-3-5-12-7/h6-7,11H,2-5H2,1H3,(H,9,10). The van der Waals surface area contributed by atoms with Crippen LogP contribution in [0.15, 0.2) is 0 Å². The molecule has 1 amide bonds. The van der Waals surface area contributed by atoms with Gasteiger partial charge in [-0.1, -0.05) is 6.92 Å². The second kappa shape index (κ2) is 4.42. The van der Waals surface area contributed by atoms with Crippen molar-refractivity contribution in [1.29, 1.82) is 0 Å². The van der Waals surface area contributed by atoms with Crippen molar-refractivity contribution in [2.75, 3.05) is 6.61 Å². The van der Waals surface area contributed by atoms with Crippen LogP contribution in [0.2, 0.25) is 0 Å². The van der Waals surface area contributed by atoms with Gasteiger partial charge in [-0.3, -0.25) is 10.0 Å². The number of hydroxylamine groups is 1. The number of ether oxygens (including phenoxy) is 1. The summed E-state index contributed by atoms with van der Waals surface area (Å²) < 4.78 is 5.39. The molecule has 1 heterocycles. The van der Waals surface area contributed by atoms with Gasteiger partial charge in [0.2, 0.25) is 5.91 Å². The third-order valence-corrected chi connectivity index (χ3v) is 2.29. The highest BCUT2D eigenvalue weighted by atomic mass is 16.5. The fourth-order valence-electron chi connectivity index (χ4n) is 1.63.